The fourth-order valence-electron chi connectivity index (χ4n) is 1.43. The summed E-state index contributed by atoms with van der Waals surface area (Å²) < 4.78 is 0. The molecule has 0 atom stereocenters. The van der Waals surface area contributed by atoms with Crippen LogP contribution in [0.3, 0.4) is 0 Å². The summed E-state index contributed by atoms with van der Waals surface area (Å²) in [4.78, 5) is 14.6. The van der Waals surface area contributed by atoms with E-state index in [1.165, 1.54) is 0 Å². The topological polar surface area (TPSA) is 20.3 Å². The monoisotopic (exact) mass is 243 g/mol. The first-order valence-corrected chi connectivity index (χ1v) is 6.19. The summed E-state index contributed by atoms with van der Waals surface area (Å²) in [7, 11) is 1.77. The zero-order valence-electron chi connectivity index (χ0n) is 9.54. The molecule has 2 rings (SSSR count). The molecule has 0 aliphatic carbocycles. The van der Waals surface area contributed by atoms with Crippen molar-refractivity contribution in [2.24, 2.45) is 0 Å². The van der Waals surface area contributed by atoms with Crippen LogP contribution < -0.4 is 4.90 Å². The van der Waals surface area contributed by atoms with E-state index >= 15 is 0 Å². The lowest BCUT2D eigenvalue weighted by Gasteiger charge is -2.14. The van der Waals surface area contributed by atoms with Crippen LogP contribution in [0, 0.1) is 0 Å². The summed E-state index contributed by atoms with van der Waals surface area (Å²) >= 11 is 1.61. The summed E-state index contributed by atoms with van der Waals surface area (Å²) in [5.41, 5.74) is 0.897. The second kappa shape index (κ2) is 5.46. The van der Waals surface area contributed by atoms with Gasteiger partial charge in [-0.3, -0.25) is 4.79 Å². The van der Waals surface area contributed by atoms with Gasteiger partial charge < -0.3 is 4.90 Å². The van der Waals surface area contributed by atoms with Crippen molar-refractivity contribution < 1.29 is 4.79 Å². The van der Waals surface area contributed by atoms with Crippen LogP contribution in [0.1, 0.15) is 4.88 Å². The van der Waals surface area contributed by atoms with Crippen molar-refractivity contribution >= 4 is 29.0 Å². The molecule has 3 heteroatoms. The maximum absolute atomic E-state index is 11.9. The SMILES string of the molecule is CN(C(=O)C=Cc1cccs1)c1ccccc1. The Kier molecular flexibility index (Phi) is 3.73. The van der Waals surface area contributed by atoms with E-state index in [4.69, 9.17) is 0 Å². The van der Waals surface area contributed by atoms with E-state index in [0.29, 0.717) is 0 Å². The standard InChI is InChI=1S/C14H13NOS/c1-15(12-6-3-2-4-7-12)14(16)10-9-13-8-5-11-17-13/h2-11H,1H3. The molecule has 1 aromatic carbocycles. The number of carbonyl (C=O) groups is 1. The fourth-order valence-corrected chi connectivity index (χ4v) is 2.05. The molecular formula is C14H13NOS. The van der Waals surface area contributed by atoms with Crippen LogP contribution in [0.25, 0.3) is 6.08 Å². The number of hydrogen-bond acceptors (Lipinski definition) is 2. The van der Waals surface area contributed by atoms with E-state index in [0.717, 1.165) is 10.6 Å². The molecule has 0 spiro atoms. The quantitative estimate of drug-likeness (QED) is 0.756. The van der Waals surface area contributed by atoms with Gasteiger partial charge in [-0.2, -0.15) is 0 Å². The van der Waals surface area contributed by atoms with Crippen LogP contribution in [0.15, 0.2) is 53.9 Å². The fraction of sp³-hybridized carbons (Fsp3) is 0.0714. The van der Waals surface area contributed by atoms with E-state index < -0.39 is 0 Å². The third-order valence-electron chi connectivity index (χ3n) is 2.41. The summed E-state index contributed by atoms with van der Waals surface area (Å²) in [5.74, 6) is -0.0235. The van der Waals surface area contributed by atoms with Crippen molar-refractivity contribution in [3.8, 4) is 0 Å². The first-order valence-electron chi connectivity index (χ1n) is 5.32. The average molecular weight is 243 g/mol. The number of thiophene rings is 1. The first kappa shape index (κ1) is 11.6. The molecule has 2 nitrogen and oxygen atoms in total. The van der Waals surface area contributed by atoms with Crippen molar-refractivity contribution in [3.05, 3.63) is 58.8 Å². The number of benzene rings is 1. The number of anilines is 1. The molecule has 17 heavy (non-hydrogen) atoms. The summed E-state index contributed by atoms with van der Waals surface area (Å²) in [6.07, 6.45) is 3.44. The number of rotatable bonds is 3. The molecule has 0 saturated carbocycles. The molecule has 0 radical (unpaired) electrons. The number of likely N-dealkylation sites (N-methyl/N-ethyl adjacent to an activating group) is 1. The lowest BCUT2D eigenvalue weighted by molar-refractivity contribution is -0.113. The van der Waals surface area contributed by atoms with Gasteiger partial charge >= 0.3 is 0 Å². The molecule has 0 aliphatic rings. The molecule has 0 fully saturated rings. The second-order valence-electron chi connectivity index (χ2n) is 3.58. The molecule has 0 aliphatic heterocycles. The highest BCUT2D eigenvalue weighted by Gasteiger charge is 2.06. The smallest absolute Gasteiger partial charge is 0.250 e. The minimum absolute atomic E-state index is 0.0235. The highest BCUT2D eigenvalue weighted by atomic mass is 32.1. The van der Waals surface area contributed by atoms with E-state index in [9.17, 15) is 4.79 Å². The predicted octanol–water partition coefficient (Wildman–Crippen LogP) is 3.42. The normalized spacial score (nSPS) is 10.6. The number of amides is 1. The zero-order valence-corrected chi connectivity index (χ0v) is 10.4. The average Bonchev–Trinajstić information content (AvgIpc) is 2.89. The van der Waals surface area contributed by atoms with Gasteiger partial charge in [0, 0.05) is 23.7 Å². The Morgan fingerprint density at radius 3 is 2.59 bits per heavy atom. The van der Waals surface area contributed by atoms with Gasteiger partial charge in [0.05, 0.1) is 0 Å². The second-order valence-corrected chi connectivity index (χ2v) is 4.56. The van der Waals surface area contributed by atoms with Crippen LogP contribution in [0.5, 0.6) is 0 Å². The van der Waals surface area contributed by atoms with E-state index in [1.807, 2.05) is 53.9 Å². The maximum Gasteiger partial charge on any atom is 0.250 e. The number of carbonyl (C=O) groups excluding carboxylic acids is 1. The van der Waals surface area contributed by atoms with Gasteiger partial charge in [-0.1, -0.05) is 24.3 Å². The van der Waals surface area contributed by atoms with E-state index in [1.54, 1.807) is 29.4 Å². The number of nitrogens with zero attached hydrogens (tertiary/aromatic N) is 1. The van der Waals surface area contributed by atoms with E-state index in [2.05, 4.69) is 0 Å². The van der Waals surface area contributed by atoms with Crippen LogP contribution in [0.4, 0.5) is 5.69 Å². The Morgan fingerprint density at radius 2 is 1.94 bits per heavy atom. The van der Waals surface area contributed by atoms with Gasteiger partial charge in [0.25, 0.3) is 5.91 Å². The zero-order chi connectivity index (χ0) is 12.1. The van der Waals surface area contributed by atoms with Gasteiger partial charge in [-0.15, -0.1) is 11.3 Å². The molecule has 0 unspecified atom stereocenters. The number of hydrogen-bond donors (Lipinski definition) is 0. The van der Waals surface area contributed by atoms with Gasteiger partial charge in [-0.05, 0) is 29.7 Å². The molecule has 2 aromatic rings. The minimum atomic E-state index is -0.0235. The van der Waals surface area contributed by atoms with Crippen molar-refractivity contribution in [2.45, 2.75) is 0 Å². The summed E-state index contributed by atoms with van der Waals surface area (Å²) in [5, 5.41) is 1.99. The van der Waals surface area contributed by atoms with Crippen molar-refractivity contribution in [3.63, 3.8) is 0 Å². The highest BCUT2D eigenvalue weighted by molar-refractivity contribution is 7.10. The maximum atomic E-state index is 11.9. The van der Waals surface area contributed by atoms with Crippen LogP contribution >= 0.6 is 11.3 Å². The largest absolute Gasteiger partial charge is 0.312 e. The summed E-state index contributed by atoms with van der Waals surface area (Å²) in [6.45, 7) is 0. The van der Waals surface area contributed by atoms with Crippen LogP contribution in [-0.2, 0) is 4.79 Å². The Labute approximate surface area is 105 Å². The molecule has 1 amide bonds. The first-order chi connectivity index (χ1) is 8.27. The molecule has 0 bridgehead atoms. The molecule has 1 aromatic heterocycles. The summed E-state index contributed by atoms with van der Waals surface area (Å²) in [6, 6.07) is 13.5. The third-order valence-corrected chi connectivity index (χ3v) is 3.24. The molecule has 0 saturated heterocycles. The van der Waals surface area contributed by atoms with Crippen molar-refractivity contribution in [1.82, 2.24) is 0 Å². The molecular weight excluding hydrogens is 230 g/mol. The minimum Gasteiger partial charge on any atom is -0.312 e. The van der Waals surface area contributed by atoms with Crippen LogP contribution in [-0.4, -0.2) is 13.0 Å². The van der Waals surface area contributed by atoms with Crippen molar-refractivity contribution in [2.75, 3.05) is 11.9 Å². The lowest BCUT2D eigenvalue weighted by atomic mass is 10.3. The Hall–Kier alpha value is -1.87. The van der Waals surface area contributed by atoms with Gasteiger partial charge in [0.2, 0.25) is 0 Å². The van der Waals surface area contributed by atoms with Crippen LogP contribution in [0.2, 0.25) is 0 Å². The number of para-hydroxylation sites is 1. The predicted molar refractivity (Wildman–Crippen MR) is 73.2 cm³/mol. The Bertz CT molecular complexity index is 502. The Balaban J connectivity index is 2.06. The molecule has 86 valence electrons. The van der Waals surface area contributed by atoms with Crippen molar-refractivity contribution in [1.29, 1.82) is 0 Å². The Morgan fingerprint density at radius 1 is 1.18 bits per heavy atom. The van der Waals surface area contributed by atoms with Gasteiger partial charge in [0.1, 0.15) is 0 Å². The van der Waals surface area contributed by atoms with E-state index in [-0.39, 0.29) is 5.91 Å². The van der Waals surface area contributed by atoms with Gasteiger partial charge in [0.15, 0.2) is 0 Å². The van der Waals surface area contributed by atoms with Gasteiger partial charge in [-0.25, -0.2) is 0 Å². The lowest BCUT2D eigenvalue weighted by Crippen LogP contribution is -2.23. The highest BCUT2D eigenvalue weighted by Crippen LogP contribution is 2.13. The third kappa shape index (κ3) is 3.04. The molecule has 0 N–H and O–H groups in total. The molecule has 1 heterocycles.